The molecule has 8 nitrogen and oxygen atoms in total. The maximum absolute atomic E-state index is 13.1. The van der Waals surface area contributed by atoms with E-state index in [4.69, 9.17) is 4.74 Å². The van der Waals surface area contributed by atoms with Crippen LogP contribution in [0, 0.1) is 6.92 Å². The van der Waals surface area contributed by atoms with Crippen LogP contribution >= 0.6 is 0 Å². The molecule has 0 bridgehead atoms. The van der Waals surface area contributed by atoms with Gasteiger partial charge in [0.2, 0.25) is 10.0 Å². The topological polar surface area (TPSA) is 84.7 Å². The monoisotopic (exact) mass is 432 g/mol. The zero-order valence-corrected chi connectivity index (χ0v) is 18.3. The molecule has 0 spiro atoms. The Morgan fingerprint density at radius 2 is 1.87 bits per heavy atom. The van der Waals surface area contributed by atoms with Crippen molar-refractivity contribution in [3.05, 3.63) is 41.2 Å². The highest BCUT2D eigenvalue weighted by Crippen LogP contribution is 2.25. The summed E-state index contributed by atoms with van der Waals surface area (Å²) in [6.45, 7) is 6.38. The van der Waals surface area contributed by atoms with Crippen molar-refractivity contribution in [1.29, 1.82) is 0 Å². The van der Waals surface area contributed by atoms with Gasteiger partial charge in [-0.25, -0.2) is 8.42 Å². The van der Waals surface area contributed by atoms with Crippen LogP contribution in [0.3, 0.4) is 0 Å². The number of carbonyl (C=O) groups excluding carboxylic acids is 1. The average Bonchev–Trinajstić information content (AvgIpc) is 3.19. The van der Waals surface area contributed by atoms with Crippen molar-refractivity contribution < 1.29 is 17.9 Å². The van der Waals surface area contributed by atoms with E-state index in [1.165, 1.54) is 4.31 Å². The Balaban J connectivity index is 1.43. The molecule has 30 heavy (non-hydrogen) atoms. The van der Waals surface area contributed by atoms with E-state index in [1.807, 2.05) is 24.6 Å². The molecule has 0 radical (unpaired) electrons. The third kappa shape index (κ3) is 3.96. The second kappa shape index (κ2) is 8.39. The van der Waals surface area contributed by atoms with Crippen LogP contribution in [0.25, 0.3) is 0 Å². The minimum absolute atomic E-state index is 0.120. The van der Waals surface area contributed by atoms with Crippen LogP contribution in [-0.4, -0.2) is 66.1 Å². The van der Waals surface area contributed by atoms with Crippen molar-refractivity contribution in [3.63, 3.8) is 0 Å². The van der Waals surface area contributed by atoms with E-state index in [9.17, 15) is 13.2 Å². The average molecular weight is 433 g/mol. The summed E-state index contributed by atoms with van der Waals surface area (Å²) in [7, 11) is -3.61. The van der Waals surface area contributed by atoms with Gasteiger partial charge in [-0.1, -0.05) is 0 Å². The largest absolute Gasteiger partial charge is 0.494 e. The van der Waals surface area contributed by atoms with E-state index < -0.39 is 10.0 Å². The fourth-order valence-electron chi connectivity index (χ4n) is 4.06. The second-order valence-corrected chi connectivity index (χ2v) is 9.70. The molecule has 0 saturated carbocycles. The Hall–Kier alpha value is -2.39. The van der Waals surface area contributed by atoms with Crippen molar-refractivity contribution >= 4 is 15.9 Å². The standard InChI is InChI=1S/C21H28N4O4S/c1-3-29-20-8-7-18(14-16(20)2)30(27,28)24-12-10-23(11-13-24)21(26)19-15-17-6-4-5-9-25(17)22-19/h7-8,14-15H,3-6,9-13H2,1-2H3. The van der Waals surface area contributed by atoms with E-state index in [0.717, 1.165) is 37.1 Å². The molecule has 0 atom stereocenters. The number of aryl methyl sites for hydroxylation is 3. The first kappa shape index (κ1) is 20.9. The predicted molar refractivity (Wildman–Crippen MR) is 112 cm³/mol. The van der Waals surface area contributed by atoms with Crippen molar-refractivity contribution in [2.45, 2.75) is 44.6 Å². The molecule has 2 aliphatic heterocycles. The van der Waals surface area contributed by atoms with Gasteiger partial charge in [0.25, 0.3) is 5.91 Å². The highest BCUT2D eigenvalue weighted by atomic mass is 32.2. The number of hydrogen-bond acceptors (Lipinski definition) is 5. The molecule has 4 rings (SSSR count). The smallest absolute Gasteiger partial charge is 0.274 e. The number of sulfonamides is 1. The molecule has 2 aliphatic rings. The van der Waals surface area contributed by atoms with Crippen LogP contribution in [0.15, 0.2) is 29.2 Å². The summed E-state index contributed by atoms with van der Waals surface area (Å²) < 4.78 is 35.0. The lowest BCUT2D eigenvalue weighted by molar-refractivity contribution is 0.0691. The van der Waals surface area contributed by atoms with E-state index >= 15 is 0 Å². The summed E-state index contributed by atoms with van der Waals surface area (Å²) in [6, 6.07) is 6.81. The number of ether oxygens (including phenoxy) is 1. The lowest BCUT2D eigenvalue weighted by Gasteiger charge is -2.33. The molecule has 3 heterocycles. The molecular weight excluding hydrogens is 404 g/mol. The molecule has 0 N–H and O–H groups in total. The maximum atomic E-state index is 13.1. The number of benzene rings is 1. The summed E-state index contributed by atoms with van der Waals surface area (Å²) >= 11 is 0. The van der Waals surface area contributed by atoms with Gasteiger partial charge in [-0.15, -0.1) is 0 Å². The lowest BCUT2D eigenvalue weighted by atomic mass is 10.1. The number of aromatic nitrogens is 2. The van der Waals surface area contributed by atoms with Crippen molar-refractivity contribution in [3.8, 4) is 5.75 Å². The Labute approximate surface area is 177 Å². The van der Waals surface area contributed by atoms with Gasteiger partial charge in [0, 0.05) is 38.4 Å². The molecule has 2 aromatic rings. The first-order valence-corrected chi connectivity index (χ1v) is 11.9. The summed E-state index contributed by atoms with van der Waals surface area (Å²) in [5.41, 5.74) is 2.36. The van der Waals surface area contributed by atoms with Crippen molar-refractivity contribution in [2.75, 3.05) is 32.8 Å². The van der Waals surface area contributed by atoms with Crippen LogP contribution in [-0.2, 0) is 23.0 Å². The van der Waals surface area contributed by atoms with Crippen LogP contribution < -0.4 is 4.74 Å². The number of fused-ring (bicyclic) bond motifs is 1. The first-order chi connectivity index (χ1) is 14.4. The minimum Gasteiger partial charge on any atom is -0.494 e. The summed E-state index contributed by atoms with van der Waals surface area (Å²) in [5.74, 6) is 0.570. The quantitative estimate of drug-likeness (QED) is 0.722. The highest BCUT2D eigenvalue weighted by molar-refractivity contribution is 7.89. The fraction of sp³-hybridized carbons (Fsp3) is 0.524. The molecule has 1 amide bonds. The van der Waals surface area contributed by atoms with Crippen LogP contribution in [0.2, 0.25) is 0 Å². The van der Waals surface area contributed by atoms with E-state index in [-0.39, 0.29) is 23.9 Å². The van der Waals surface area contributed by atoms with Gasteiger partial charge in [-0.2, -0.15) is 9.40 Å². The zero-order chi connectivity index (χ0) is 21.3. The fourth-order valence-corrected chi connectivity index (χ4v) is 5.57. The zero-order valence-electron chi connectivity index (χ0n) is 17.5. The number of piperazine rings is 1. The van der Waals surface area contributed by atoms with Gasteiger partial charge in [0.15, 0.2) is 5.69 Å². The molecule has 1 aromatic carbocycles. The minimum atomic E-state index is -3.61. The third-order valence-electron chi connectivity index (χ3n) is 5.75. The molecular formula is C21H28N4O4S. The number of nitrogens with zero attached hydrogens (tertiary/aromatic N) is 4. The summed E-state index contributed by atoms with van der Waals surface area (Å²) in [5, 5.41) is 4.46. The van der Waals surface area contributed by atoms with Crippen LogP contribution in [0.5, 0.6) is 5.75 Å². The number of rotatable bonds is 5. The lowest BCUT2D eigenvalue weighted by Crippen LogP contribution is -2.50. The normalized spacial score (nSPS) is 17.6. The van der Waals surface area contributed by atoms with Crippen LogP contribution in [0.1, 0.15) is 41.5 Å². The highest BCUT2D eigenvalue weighted by Gasteiger charge is 2.31. The van der Waals surface area contributed by atoms with Gasteiger partial charge in [-0.05, 0) is 62.9 Å². The Morgan fingerprint density at radius 1 is 1.10 bits per heavy atom. The number of carbonyl (C=O) groups is 1. The Bertz CT molecular complexity index is 1020. The Kier molecular flexibility index (Phi) is 5.84. The molecule has 162 valence electrons. The van der Waals surface area contributed by atoms with Gasteiger partial charge >= 0.3 is 0 Å². The summed E-state index contributed by atoms with van der Waals surface area (Å²) in [6.07, 6.45) is 3.17. The van der Waals surface area contributed by atoms with Crippen molar-refractivity contribution in [1.82, 2.24) is 19.0 Å². The second-order valence-electron chi connectivity index (χ2n) is 7.76. The molecule has 0 aliphatic carbocycles. The SMILES string of the molecule is CCOc1ccc(S(=O)(=O)N2CCN(C(=O)c3cc4n(n3)CCCC4)CC2)cc1C. The maximum Gasteiger partial charge on any atom is 0.274 e. The molecule has 1 saturated heterocycles. The van der Waals surface area contributed by atoms with E-state index in [1.54, 1.807) is 23.1 Å². The molecule has 1 aromatic heterocycles. The predicted octanol–water partition coefficient (Wildman–Crippen LogP) is 2.07. The number of amides is 1. The first-order valence-electron chi connectivity index (χ1n) is 10.5. The third-order valence-corrected chi connectivity index (χ3v) is 7.64. The van der Waals surface area contributed by atoms with Gasteiger partial charge in [0.05, 0.1) is 11.5 Å². The molecule has 1 fully saturated rings. The van der Waals surface area contributed by atoms with Gasteiger partial charge < -0.3 is 9.64 Å². The van der Waals surface area contributed by atoms with Gasteiger partial charge in [0.1, 0.15) is 5.75 Å². The van der Waals surface area contributed by atoms with Crippen molar-refractivity contribution in [2.24, 2.45) is 0 Å². The van der Waals surface area contributed by atoms with E-state index in [2.05, 4.69) is 5.10 Å². The van der Waals surface area contributed by atoms with Crippen LogP contribution in [0.4, 0.5) is 0 Å². The summed E-state index contributed by atoms with van der Waals surface area (Å²) in [4.78, 5) is 14.8. The van der Waals surface area contributed by atoms with Gasteiger partial charge in [-0.3, -0.25) is 9.48 Å². The molecule has 9 heteroatoms. The Morgan fingerprint density at radius 3 is 2.53 bits per heavy atom. The van der Waals surface area contributed by atoms with E-state index in [0.29, 0.717) is 31.1 Å². The number of hydrogen-bond donors (Lipinski definition) is 0. The molecule has 0 unspecified atom stereocenters.